The van der Waals surface area contributed by atoms with Gasteiger partial charge in [0.1, 0.15) is 5.75 Å². The summed E-state index contributed by atoms with van der Waals surface area (Å²) in [7, 11) is 0. The molecule has 116 valence electrons. The average molecular weight is 308 g/mol. The Labute approximate surface area is 134 Å². The number of ether oxygens (including phenoxy) is 1. The van der Waals surface area contributed by atoms with E-state index in [1.807, 2.05) is 30.3 Å². The molecule has 0 saturated heterocycles. The molecule has 2 aromatic rings. The second-order valence-electron chi connectivity index (χ2n) is 5.19. The minimum atomic E-state index is -0.517. The number of carbonyl (C=O) groups excluding carboxylic acids is 2. The predicted octanol–water partition coefficient (Wildman–Crippen LogP) is 3.06. The Morgan fingerprint density at radius 2 is 2.00 bits per heavy atom. The van der Waals surface area contributed by atoms with E-state index in [4.69, 9.17) is 4.74 Å². The molecule has 2 aromatic carbocycles. The van der Waals surface area contributed by atoms with E-state index in [0.29, 0.717) is 17.1 Å². The SMILES string of the molecule is CC1Oc2ccc(NC(=O)C=Cc3ccccc3)cc2NC1=O. The molecule has 0 spiro atoms. The maximum atomic E-state index is 12.0. The largest absolute Gasteiger partial charge is 0.479 e. The first-order chi connectivity index (χ1) is 11.1. The van der Waals surface area contributed by atoms with Crippen molar-refractivity contribution >= 4 is 29.3 Å². The van der Waals surface area contributed by atoms with E-state index in [9.17, 15) is 9.59 Å². The van der Waals surface area contributed by atoms with E-state index < -0.39 is 6.10 Å². The van der Waals surface area contributed by atoms with Crippen LogP contribution >= 0.6 is 0 Å². The van der Waals surface area contributed by atoms with Crippen LogP contribution in [0.25, 0.3) is 6.08 Å². The first-order valence-electron chi connectivity index (χ1n) is 7.27. The Hall–Kier alpha value is -3.08. The number of carbonyl (C=O) groups is 2. The number of nitrogens with one attached hydrogen (secondary N) is 2. The van der Waals surface area contributed by atoms with Gasteiger partial charge in [-0.3, -0.25) is 9.59 Å². The van der Waals surface area contributed by atoms with Crippen molar-refractivity contribution in [3.63, 3.8) is 0 Å². The number of rotatable bonds is 3. The van der Waals surface area contributed by atoms with Gasteiger partial charge in [0, 0.05) is 11.8 Å². The topological polar surface area (TPSA) is 67.4 Å². The standard InChI is InChI=1S/C18H16N2O3/c1-12-18(22)20-15-11-14(8-9-16(15)23-12)19-17(21)10-7-13-5-3-2-4-6-13/h2-12H,1H3,(H,19,21)(H,20,22). The third kappa shape index (κ3) is 3.58. The van der Waals surface area contributed by atoms with Crippen LogP contribution < -0.4 is 15.4 Å². The zero-order valence-corrected chi connectivity index (χ0v) is 12.6. The smallest absolute Gasteiger partial charge is 0.265 e. The highest BCUT2D eigenvalue weighted by Crippen LogP contribution is 2.32. The monoisotopic (exact) mass is 308 g/mol. The van der Waals surface area contributed by atoms with Crippen LogP contribution in [0, 0.1) is 0 Å². The van der Waals surface area contributed by atoms with Crippen molar-refractivity contribution < 1.29 is 14.3 Å². The quantitative estimate of drug-likeness (QED) is 0.856. The van der Waals surface area contributed by atoms with Crippen LogP contribution in [0.15, 0.2) is 54.6 Å². The minimum absolute atomic E-state index is 0.204. The van der Waals surface area contributed by atoms with Crippen LogP contribution in [0.5, 0.6) is 5.75 Å². The van der Waals surface area contributed by atoms with Crippen LogP contribution in [0.4, 0.5) is 11.4 Å². The molecule has 0 aromatic heterocycles. The molecule has 3 rings (SSSR count). The van der Waals surface area contributed by atoms with Gasteiger partial charge in [-0.15, -0.1) is 0 Å². The van der Waals surface area contributed by atoms with Gasteiger partial charge in [-0.25, -0.2) is 0 Å². The summed E-state index contributed by atoms with van der Waals surface area (Å²) in [4.78, 5) is 23.6. The molecule has 1 heterocycles. The lowest BCUT2D eigenvalue weighted by Crippen LogP contribution is -2.34. The Balaban J connectivity index is 1.69. The highest BCUT2D eigenvalue weighted by Gasteiger charge is 2.23. The molecule has 1 atom stereocenters. The summed E-state index contributed by atoms with van der Waals surface area (Å²) < 4.78 is 5.47. The number of benzene rings is 2. The Kier molecular flexibility index (Phi) is 4.10. The summed E-state index contributed by atoms with van der Waals surface area (Å²) in [6.07, 6.45) is 2.68. The van der Waals surface area contributed by atoms with E-state index >= 15 is 0 Å². The summed E-state index contributed by atoms with van der Waals surface area (Å²) >= 11 is 0. The first-order valence-corrected chi connectivity index (χ1v) is 7.27. The van der Waals surface area contributed by atoms with Crippen molar-refractivity contribution in [1.82, 2.24) is 0 Å². The number of anilines is 2. The van der Waals surface area contributed by atoms with E-state index in [0.717, 1.165) is 5.56 Å². The molecule has 0 bridgehead atoms. The van der Waals surface area contributed by atoms with Crippen LogP contribution in [-0.2, 0) is 9.59 Å². The number of fused-ring (bicyclic) bond motifs is 1. The molecule has 0 fully saturated rings. The lowest BCUT2D eigenvalue weighted by Gasteiger charge is -2.23. The van der Waals surface area contributed by atoms with E-state index in [-0.39, 0.29) is 11.8 Å². The highest BCUT2D eigenvalue weighted by molar-refractivity contribution is 6.03. The van der Waals surface area contributed by atoms with Crippen LogP contribution in [0.1, 0.15) is 12.5 Å². The van der Waals surface area contributed by atoms with Gasteiger partial charge in [-0.05, 0) is 36.8 Å². The van der Waals surface area contributed by atoms with Crippen molar-refractivity contribution in [2.45, 2.75) is 13.0 Å². The number of hydrogen-bond donors (Lipinski definition) is 2. The minimum Gasteiger partial charge on any atom is -0.479 e. The summed E-state index contributed by atoms with van der Waals surface area (Å²) in [6.45, 7) is 1.68. The van der Waals surface area contributed by atoms with Gasteiger partial charge in [0.05, 0.1) is 5.69 Å². The van der Waals surface area contributed by atoms with Crippen molar-refractivity contribution in [3.05, 3.63) is 60.2 Å². The van der Waals surface area contributed by atoms with Gasteiger partial charge in [0.15, 0.2) is 6.10 Å². The van der Waals surface area contributed by atoms with Gasteiger partial charge < -0.3 is 15.4 Å². The van der Waals surface area contributed by atoms with Crippen LogP contribution in [0.2, 0.25) is 0 Å². The summed E-state index contributed by atoms with van der Waals surface area (Å²) in [5, 5.41) is 5.50. The fourth-order valence-corrected chi connectivity index (χ4v) is 2.21. The second kappa shape index (κ2) is 6.36. The average Bonchev–Trinajstić information content (AvgIpc) is 2.55. The molecule has 1 aliphatic rings. The van der Waals surface area contributed by atoms with Gasteiger partial charge in [-0.1, -0.05) is 30.3 Å². The molecule has 2 amide bonds. The van der Waals surface area contributed by atoms with E-state index in [1.165, 1.54) is 6.08 Å². The molecule has 5 nitrogen and oxygen atoms in total. The summed E-state index contributed by atoms with van der Waals surface area (Å²) in [5.74, 6) is 0.144. The van der Waals surface area contributed by atoms with Crippen LogP contribution in [0.3, 0.4) is 0 Å². The van der Waals surface area contributed by atoms with Gasteiger partial charge in [0.2, 0.25) is 5.91 Å². The molecule has 0 saturated carbocycles. The molecule has 5 heteroatoms. The van der Waals surface area contributed by atoms with Crippen LogP contribution in [-0.4, -0.2) is 17.9 Å². The maximum absolute atomic E-state index is 12.0. The molecule has 0 aliphatic carbocycles. The Morgan fingerprint density at radius 1 is 1.22 bits per heavy atom. The molecule has 1 unspecified atom stereocenters. The highest BCUT2D eigenvalue weighted by atomic mass is 16.5. The maximum Gasteiger partial charge on any atom is 0.265 e. The van der Waals surface area contributed by atoms with Gasteiger partial charge >= 0.3 is 0 Å². The Bertz CT molecular complexity index is 769. The third-order valence-corrected chi connectivity index (χ3v) is 3.40. The fourth-order valence-electron chi connectivity index (χ4n) is 2.21. The predicted molar refractivity (Wildman–Crippen MR) is 89.3 cm³/mol. The summed E-state index contributed by atoms with van der Waals surface area (Å²) in [6, 6.07) is 14.7. The van der Waals surface area contributed by atoms with E-state index in [1.54, 1.807) is 31.2 Å². The normalized spacial score (nSPS) is 16.4. The molecular weight excluding hydrogens is 292 g/mol. The van der Waals surface area contributed by atoms with E-state index in [2.05, 4.69) is 10.6 Å². The molecule has 2 N–H and O–H groups in total. The number of amides is 2. The fraction of sp³-hybridized carbons (Fsp3) is 0.111. The zero-order valence-electron chi connectivity index (χ0n) is 12.6. The Morgan fingerprint density at radius 3 is 2.78 bits per heavy atom. The summed E-state index contributed by atoms with van der Waals surface area (Å²) in [5.41, 5.74) is 2.09. The molecule has 23 heavy (non-hydrogen) atoms. The molecule has 0 radical (unpaired) electrons. The zero-order chi connectivity index (χ0) is 16.2. The number of hydrogen-bond acceptors (Lipinski definition) is 3. The second-order valence-corrected chi connectivity index (χ2v) is 5.19. The van der Waals surface area contributed by atoms with Gasteiger partial charge in [-0.2, -0.15) is 0 Å². The first kappa shape index (κ1) is 14.8. The van der Waals surface area contributed by atoms with Crippen molar-refractivity contribution in [3.8, 4) is 5.75 Å². The lowest BCUT2D eigenvalue weighted by atomic mass is 10.2. The van der Waals surface area contributed by atoms with Crippen molar-refractivity contribution in [2.24, 2.45) is 0 Å². The molecular formula is C18H16N2O3. The van der Waals surface area contributed by atoms with Crippen molar-refractivity contribution in [1.29, 1.82) is 0 Å². The van der Waals surface area contributed by atoms with Crippen molar-refractivity contribution in [2.75, 3.05) is 10.6 Å². The lowest BCUT2D eigenvalue weighted by molar-refractivity contribution is -0.122. The molecule has 1 aliphatic heterocycles. The van der Waals surface area contributed by atoms with Gasteiger partial charge in [0.25, 0.3) is 5.91 Å². The third-order valence-electron chi connectivity index (χ3n) is 3.40.